The topological polar surface area (TPSA) is 114 Å². The molecule has 2 N–H and O–H groups in total. The molecular formula is C43H61N7O4S. The number of ether oxygens (including phenoxy) is 2. The lowest BCUT2D eigenvalue weighted by molar-refractivity contribution is -0.143. The number of hydrogen-bond acceptors (Lipinski definition) is 10. The second-order valence-electron chi connectivity index (χ2n) is 16.0. The predicted molar refractivity (Wildman–Crippen MR) is 222 cm³/mol. The van der Waals surface area contributed by atoms with E-state index in [9.17, 15) is 9.59 Å². The van der Waals surface area contributed by atoms with Gasteiger partial charge in [-0.3, -0.25) is 24.9 Å². The van der Waals surface area contributed by atoms with E-state index in [-0.39, 0.29) is 17.5 Å². The van der Waals surface area contributed by atoms with Crippen LogP contribution in [0.3, 0.4) is 0 Å². The molecule has 2 fully saturated rings. The van der Waals surface area contributed by atoms with Crippen LogP contribution in [-0.4, -0.2) is 84.3 Å². The summed E-state index contributed by atoms with van der Waals surface area (Å²) < 4.78 is 14.1. The van der Waals surface area contributed by atoms with Gasteiger partial charge in [0.2, 0.25) is 6.41 Å². The molecule has 0 bridgehead atoms. The summed E-state index contributed by atoms with van der Waals surface area (Å²) in [6.07, 6.45) is 12.4. The fourth-order valence-corrected chi connectivity index (χ4v) is 9.24. The van der Waals surface area contributed by atoms with Crippen molar-refractivity contribution in [3.63, 3.8) is 0 Å². The third kappa shape index (κ3) is 9.94. The number of anilines is 1. The number of aromatic nitrogens is 3. The number of carbonyl (C=O) groups is 2. The molecule has 0 saturated carbocycles. The molecule has 6 rings (SSSR count). The fraction of sp³-hybridized carbons (Fsp3) is 0.581. The number of methoxy groups -OCH3 is 1. The molecule has 4 aromatic rings. The highest BCUT2D eigenvalue weighted by Gasteiger charge is 2.32. The second kappa shape index (κ2) is 18.9. The van der Waals surface area contributed by atoms with Crippen LogP contribution in [0.2, 0.25) is 0 Å². The van der Waals surface area contributed by atoms with E-state index in [1.807, 2.05) is 0 Å². The summed E-state index contributed by atoms with van der Waals surface area (Å²) in [5.41, 5.74) is 13.9. The molecule has 12 heteroatoms. The molecule has 2 unspecified atom stereocenters. The zero-order chi connectivity index (χ0) is 39.0. The smallest absolute Gasteiger partial charge is 0.302 e. The Morgan fingerprint density at radius 2 is 1.96 bits per heavy atom. The van der Waals surface area contributed by atoms with Crippen molar-refractivity contribution in [3.8, 4) is 22.5 Å². The maximum Gasteiger partial charge on any atom is 0.302 e. The van der Waals surface area contributed by atoms with E-state index in [0.717, 1.165) is 104 Å². The molecule has 2 aliphatic heterocycles. The fourth-order valence-electron chi connectivity index (χ4n) is 8.39. The van der Waals surface area contributed by atoms with E-state index in [1.54, 1.807) is 18.4 Å². The summed E-state index contributed by atoms with van der Waals surface area (Å²) >= 11 is 1.73. The van der Waals surface area contributed by atoms with Gasteiger partial charge in [-0.25, -0.2) is 10.4 Å². The SMILES string of the molecule is CCn1c(-c2cc(N3CCN4CCCCC4C3)cnc2C(C)OC)c(CC(C)(C)COC(C)=O)c2cc(-c3csc(CCCCCCNNC=O)n3)ccc21. The Morgan fingerprint density at radius 1 is 1.13 bits per heavy atom. The first-order chi connectivity index (χ1) is 26.6. The minimum absolute atomic E-state index is 0.204. The average Bonchev–Trinajstić information content (AvgIpc) is 3.79. The summed E-state index contributed by atoms with van der Waals surface area (Å²) in [6.45, 7) is 16.3. The number of carbonyl (C=O) groups excluding carboxylic acids is 2. The molecule has 0 spiro atoms. The molecule has 0 radical (unpaired) electrons. The van der Waals surface area contributed by atoms with Crippen molar-refractivity contribution in [2.45, 2.75) is 111 Å². The van der Waals surface area contributed by atoms with Crippen LogP contribution in [0.15, 0.2) is 35.8 Å². The number of nitrogens with zero attached hydrogens (tertiary/aromatic N) is 5. The second-order valence-corrected chi connectivity index (χ2v) is 17.0. The first-order valence-corrected chi connectivity index (χ1v) is 21.2. The van der Waals surface area contributed by atoms with E-state index >= 15 is 0 Å². The first-order valence-electron chi connectivity index (χ1n) is 20.3. The Labute approximate surface area is 331 Å². The largest absolute Gasteiger partial charge is 0.465 e. The third-order valence-corrected chi connectivity index (χ3v) is 12.3. The van der Waals surface area contributed by atoms with Crippen LogP contribution >= 0.6 is 11.3 Å². The van der Waals surface area contributed by atoms with E-state index in [4.69, 9.17) is 19.4 Å². The monoisotopic (exact) mass is 771 g/mol. The highest BCUT2D eigenvalue weighted by Crippen LogP contribution is 2.43. The number of piperazine rings is 1. The summed E-state index contributed by atoms with van der Waals surface area (Å²) in [5, 5.41) is 4.53. The zero-order valence-electron chi connectivity index (χ0n) is 33.8. The average molecular weight is 772 g/mol. The Balaban J connectivity index is 1.38. The molecule has 1 aromatic carbocycles. The Bertz CT molecular complexity index is 1900. The molecule has 1 amide bonds. The van der Waals surface area contributed by atoms with Gasteiger partial charge in [0.05, 0.1) is 46.7 Å². The summed E-state index contributed by atoms with van der Waals surface area (Å²) in [4.78, 5) is 37.9. The number of esters is 1. The van der Waals surface area contributed by atoms with Crippen LogP contribution in [0.25, 0.3) is 33.4 Å². The predicted octanol–water partition coefficient (Wildman–Crippen LogP) is 7.71. The summed E-state index contributed by atoms with van der Waals surface area (Å²) in [7, 11) is 1.76. The van der Waals surface area contributed by atoms with Gasteiger partial charge in [-0.05, 0) is 82.7 Å². The normalized spacial score (nSPS) is 17.0. The van der Waals surface area contributed by atoms with Crippen LogP contribution in [0.1, 0.15) is 102 Å². The highest BCUT2D eigenvalue weighted by atomic mass is 32.1. The Hall–Kier alpha value is -3.84. The van der Waals surface area contributed by atoms with Crippen LogP contribution in [0.5, 0.6) is 0 Å². The molecular weight excluding hydrogens is 711 g/mol. The number of rotatable bonds is 19. The van der Waals surface area contributed by atoms with Gasteiger partial charge >= 0.3 is 5.97 Å². The molecule has 298 valence electrons. The van der Waals surface area contributed by atoms with Crippen molar-refractivity contribution in [2.75, 3.05) is 51.3 Å². The first kappa shape index (κ1) is 40.8. The molecule has 2 aliphatic rings. The van der Waals surface area contributed by atoms with Gasteiger partial charge in [-0.1, -0.05) is 39.2 Å². The van der Waals surface area contributed by atoms with Gasteiger partial charge in [-0.2, -0.15) is 0 Å². The summed E-state index contributed by atoms with van der Waals surface area (Å²) in [6, 6.07) is 9.74. The minimum Gasteiger partial charge on any atom is -0.465 e. The number of thiazole rings is 1. The van der Waals surface area contributed by atoms with Crippen molar-refractivity contribution < 1.29 is 19.1 Å². The molecule has 55 heavy (non-hydrogen) atoms. The Morgan fingerprint density at radius 3 is 2.75 bits per heavy atom. The van der Waals surface area contributed by atoms with Crippen molar-refractivity contribution in [2.24, 2.45) is 5.41 Å². The van der Waals surface area contributed by atoms with Gasteiger partial charge in [0, 0.05) is 85.6 Å². The number of piperidine rings is 1. The third-order valence-electron chi connectivity index (χ3n) is 11.4. The van der Waals surface area contributed by atoms with Crippen LogP contribution < -0.4 is 15.8 Å². The van der Waals surface area contributed by atoms with E-state index < -0.39 is 0 Å². The maximum atomic E-state index is 12.0. The quantitative estimate of drug-likeness (QED) is 0.0429. The van der Waals surface area contributed by atoms with Gasteiger partial charge < -0.3 is 18.9 Å². The molecule has 11 nitrogen and oxygen atoms in total. The lowest BCUT2D eigenvalue weighted by atomic mass is 9.84. The number of pyridine rings is 1. The van der Waals surface area contributed by atoms with Crippen LogP contribution in [0, 0.1) is 5.41 Å². The number of fused-ring (bicyclic) bond motifs is 2. The van der Waals surface area contributed by atoms with E-state index in [1.165, 1.54) is 49.2 Å². The number of amides is 1. The molecule has 3 aromatic heterocycles. The Kier molecular flexibility index (Phi) is 14.0. The molecule has 2 saturated heterocycles. The van der Waals surface area contributed by atoms with Crippen molar-refractivity contribution >= 4 is 40.3 Å². The highest BCUT2D eigenvalue weighted by molar-refractivity contribution is 7.09. The van der Waals surface area contributed by atoms with E-state index in [0.29, 0.717) is 25.5 Å². The van der Waals surface area contributed by atoms with Crippen molar-refractivity contribution in [1.29, 1.82) is 0 Å². The van der Waals surface area contributed by atoms with Crippen molar-refractivity contribution in [1.82, 2.24) is 30.3 Å². The molecule has 0 aliphatic carbocycles. The summed E-state index contributed by atoms with van der Waals surface area (Å²) in [5.74, 6) is -0.263. The van der Waals surface area contributed by atoms with Crippen LogP contribution in [0.4, 0.5) is 5.69 Å². The standard InChI is InChI=1S/C43H61N7O4S/c1-7-50-39-17-16-32(38-27-55-40(47-38)15-10-8-9-12-18-45-46-29-51)22-35(39)37(24-43(4,5)28-54-31(3)52)42(50)36-23-34(25-44-41(36)30(2)53-6)49-21-20-48-19-13-11-14-33(48)26-49/h16-17,22-23,25,27,29-30,33,45H,7-15,18-21,24,26,28H2,1-6H3,(H,46,51). The number of nitrogens with one attached hydrogen (secondary N) is 2. The van der Waals surface area contributed by atoms with Gasteiger partial charge in [0.25, 0.3) is 0 Å². The van der Waals surface area contributed by atoms with Gasteiger partial charge in [0.15, 0.2) is 0 Å². The lowest BCUT2D eigenvalue weighted by Crippen LogP contribution is -2.54. The van der Waals surface area contributed by atoms with Gasteiger partial charge in [0.1, 0.15) is 0 Å². The lowest BCUT2D eigenvalue weighted by Gasteiger charge is -2.45. The number of hydrogen-bond donors (Lipinski definition) is 2. The zero-order valence-corrected chi connectivity index (χ0v) is 34.6. The molecule has 2 atom stereocenters. The number of unbranched alkanes of at least 4 members (excludes halogenated alkanes) is 3. The number of aryl methyl sites for hydroxylation is 2. The molecule has 5 heterocycles. The van der Waals surface area contributed by atoms with Crippen LogP contribution in [-0.2, 0) is 38.4 Å². The number of benzene rings is 1. The minimum atomic E-state index is -0.326. The van der Waals surface area contributed by atoms with E-state index in [2.05, 4.69) is 88.8 Å². The van der Waals surface area contributed by atoms with Crippen molar-refractivity contribution in [3.05, 3.63) is 52.1 Å². The number of hydrazine groups is 1. The van der Waals surface area contributed by atoms with Gasteiger partial charge in [-0.15, -0.1) is 11.3 Å². The maximum absolute atomic E-state index is 12.0.